The highest BCUT2D eigenvalue weighted by Crippen LogP contribution is 1.79. The lowest BCUT2D eigenvalue weighted by molar-refractivity contribution is -0.134. The summed E-state index contributed by atoms with van der Waals surface area (Å²) in [7, 11) is 1.16. The molecule has 0 N–H and O–H groups in total. The van der Waals surface area contributed by atoms with Crippen LogP contribution < -0.4 is 0 Å². The third-order valence-electron chi connectivity index (χ3n) is 0.743. The van der Waals surface area contributed by atoms with Crippen LogP contribution in [-0.2, 0) is 9.53 Å². The van der Waals surface area contributed by atoms with Crippen LogP contribution in [-0.4, -0.2) is 38.5 Å². The van der Waals surface area contributed by atoms with Crippen LogP contribution in [0.4, 0.5) is 0 Å². The van der Waals surface area contributed by atoms with E-state index in [1.807, 2.05) is 0 Å². The number of esters is 1. The van der Waals surface area contributed by atoms with Gasteiger partial charge in [-0.15, -0.1) is 0 Å². The van der Waals surface area contributed by atoms with Crippen molar-refractivity contribution in [1.82, 2.24) is 4.90 Å². The lowest BCUT2D eigenvalue weighted by Crippen LogP contribution is -2.11. The molecule has 0 aromatic carbocycles. The summed E-state index contributed by atoms with van der Waals surface area (Å²) in [6.45, 7) is -5.88. The highest BCUT2D eigenvalue weighted by Gasteiger charge is 1.89. The van der Waals surface area contributed by atoms with E-state index in [2.05, 4.69) is 4.74 Å². The molecular formula is C7H13NO2. The Hall–Kier alpha value is -0.830. The lowest BCUT2D eigenvalue weighted by Gasteiger charge is -2.02. The van der Waals surface area contributed by atoms with Gasteiger partial charge in [-0.05, 0) is 14.0 Å². The van der Waals surface area contributed by atoms with E-state index < -0.39 is 19.9 Å². The quantitative estimate of drug-likeness (QED) is 0.426. The standard InChI is InChI=1S/C7H13NO2/c1-8(2)6-4-5-7(9)10-3/h4-5H,6H2,1-3H3/b5-4+/i1D3,2D3. The molecule has 0 aliphatic carbocycles. The molecular weight excluding hydrogens is 130 g/mol. The van der Waals surface area contributed by atoms with Crippen molar-refractivity contribution in [2.75, 3.05) is 27.6 Å². The zero-order chi connectivity index (χ0) is 13.0. The number of rotatable bonds is 3. The van der Waals surface area contributed by atoms with Crippen LogP contribution in [0, 0.1) is 0 Å². The second kappa shape index (κ2) is 4.99. The number of likely N-dealkylation sites (N-methyl/N-ethyl adjacent to an activating group) is 1. The Kier molecular flexibility index (Phi) is 1.52. The minimum Gasteiger partial charge on any atom is -0.466 e. The van der Waals surface area contributed by atoms with Crippen molar-refractivity contribution in [2.24, 2.45) is 0 Å². The van der Waals surface area contributed by atoms with Crippen molar-refractivity contribution in [3.8, 4) is 0 Å². The van der Waals surface area contributed by atoms with Gasteiger partial charge in [-0.2, -0.15) is 0 Å². The van der Waals surface area contributed by atoms with Crippen LogP contribution in [0.25, 0.3) is 0 Å². The van der Waals surface area contributed by atoms with E-state index in [1.54, 1.807) is 0 Å². The lowest BCUT2D eigenvalue weighted by atomic mass is 10.5. The maximum Gasteiger partial charge on any atom is 0.330 e. The van der Waals surface area contributed by atoms with Crippen LogP contribution in [0.5, 0.6) is 0 Å². The Morgan fingerprint density at radius 3 is 3.00 bits per heavy atom. The highest BCUT2D eigenvalue weighted by molar-refractivity contribution is 5.81. The van der Waals surface area contributed by atoms with Crippen LogP contribution in [0.3, 0.4) is 0 Å². The molecule has 0 saturated carbocycles. The van der Waals surface area contributed by atoms with Gasteiger partial charge in [-0.25, -0.2) is 4.79 Å². The largest absolute Gasteiger partial charge is 0.466 e. The molecule has 0 amide bonds. The topological polar surface area (TPSA) is 29.5 Å². The first-order chi connectivity index (χ1) is 7.09. The first-order valence-electron chi connectivity index (χ1n) is 5.61. The summed E-state index contributed by atoms with van der Waals surface area (Å²) in [4.78, 5) is 11.0. The van der Waals surface area contributed by atoms with Crippen LogP contribution >= 0.6 is 0 Å². The predicted octanol–water partition coefficient (Wildman–Crippen LogP) is 0.277. The summed E-state index contributed by atoms with van der Waals surface area (Å²) < 4.78 is 46.4. The average Bonchev–Trinajstić information content (AvgIpc) is 2.07. The third-order valence-corrected chi connectivity index (χ3v) is 0.743. The molecule has 0 aliphatic rings. The normalized spacial score (nSPS) is 22.2. The second-order valence-electron chi connectivity index (χ2n) is 1.54. The van der Waals surface area contributed by atoms with E-state index in [9.17, 15) is 4.79 Å². The molecule has 0 aromatic heterocycles. The molecule has 0 radical (unpaired) electrons. The number of carbonyl (C=O) groups excluding carboxylic acids is 1. The molecule has 0 aromatic rings. The second-order valence-corrected chi connectivity index (χ2v) is 1.54. The summed E-state index contributed by atoms with van der Waals surface area (Å²) >= 11 is 0. The molecule has 0 heterocycles. The highest BCUT2D eigenvalue weighted by atomic mass is 16.5. The van der Waals surface area contributed by atoms with Gasteiger partial charge in [0.1, 0.15) is 0 Å². The fraction of sp³-hybridized carbons (Fsp3) is 0.571. The molecule has 0 spiro atoms. The molecule has 0 atom stereocenters. The molecule has 3 nitrogen and oxygen atoms in total. The van der Waals surface area contributed by atoms with E-state index >= 15 is 0 Å². The van der Waals surface area contributed by atoms with Gasteiger partial charge in [-0.3, -0.25) is 0 Å². The van der Waals surface area contributed by atoms with E-state index in [-0.39, 0.29) is 6.54 Å². The van der Waals surface area contributed by atoms with Gasteiger partial charge < -0.3 is 9.64 Å². The Bertz CT molecular complexity index is 255. The van der Waals surface area contributed by atoms with Gasteiger partial charge in [0, 0.05) is 20.8 Å². The Labute approximate surface area is 69.7 Å². The summed E-state index contributed by atoms with van der Waals surface area (Å²) in [6.07, 6.45) is 2.11. The van der Waals surface area contributed by atoms with E-state index in [0.29, 0.717) is 4.90 Å². The molecule has 0 saturated heterocycles. The molecule has 3 heteroatoms. The van der Waals surface area contributed by atoms with Crippen molar-refractivity contribution in [3.05, 3.63) is 12.2 Å². The zero-order valence-corrected chi connectivity index (χ0v) is 5.63. The van der Waals surface area contributed by atoms with E-state index in [4.69, 9.17) is 8.22 Å². The average molecular weight is 149 g/mol. The Morgan fingerprint density at radius 2 is 2.50 bits per heavy atom. The molecule has 0 fully saturated rings. The maximum atomic E-state index is 10.7. The molecule has 58 valence electrons. The van der Waals surface area contributed by atoms with E-state index in [0.717, 1.165) is 19.3 Å². The number of hydrogen-bond acceptors (Lipinski definition) is 3. The van der Waals surface area contributed by atoms with Crippen LogP contribution in [0.1, 0.15) is 8.22 Å². The van der Waals surface area contributed by atoms with Crippen molar-refractivity contribution < 1.29 is 17.8 Å². The summed E-state index contributed by atoms with van der Waals surface area (Å²) in [5, 5.41) is 0. The minimum absolute atomic E-state index is 0.333. The Morgan fingerprint density at radius 1 is 1.80 bits per heavy atom. The van der Waals surface area contributed by atoms with Gasteiger partial charge in [0.15, 0.2) is 0 Å². The number of hydrogen-bond donors (Lipinski definition) is 0. The number of nitrogens with zero attached hydrogens (tertiary/aromatic N) is 1. The van der Waals surface area contributed by atoms with Gasteiger partial charge in [0.25, 0.3) is 0 Å². The van der Waals surface area contributed by atoms with Crippen molar-refractivity contribution in [2.45, 2.75) is 0 Å². The van der Waals surface area contributed by atoms with Crippen LogP contribution in [0.15, 0.2) is 12.2 Å². The van der Waals surface area contributed by atoms with Gasteiger partial charge in [0.2, 0.25) is 0 Å². The fourth-order valence-corrected chi connectivity index (χ4v) is 0.322. The smallest absolute Gasteiger partial charge is 0.330 e. The minimum atomic E-state index is -2.74. The maximum absolute atomic E-state index is 10.7. The molecule has 0 aliphatic heterocycles. The summed E-state index contributed by atoms with van der Waals surface area (Å²) in [6, 6.07) is 0. The molecule has 0 unspecified atom stereocenters. The SMILES string of the molecule is [2H]C([2H])([2H])N(C/C=C/C(=O)OC)C([2H])([2H])[2H]. The molecule has 0 rings (SSSR count). The first-order valence-corrected chi connectivity index (χ1v) is 2.61. The van der Waals surface area contributed by atoms with Crippen molar-refractivity contribution in [1.29, 1.82) is 0 Å². The van der Waals surface area contributed by atoms with Gasteiger partial charge in [-0.1, -0.05) is 6.08 Å². The zero-order valence-electron chi connectivity index (χ0n) is 11.6. The fourth-order valence-electron chi connectivity index (χ4n) is 0.322. The third kappa shape index (κ3) is 5.31. The van der Waals surface area contributed by atoms with Crippen molar-refractivity contribution >= 4 is 5.97 Å². The number of methoxy groups -OCH3 is 1. The number of carbonyl (C=O) groups is 1. The Balaban J connectivity index is 4.60. The number of ether oxygens (including phenoxy) is 1. The van der Waals surface area contributed by atoms with Crippen molar-refractivity contribution in [3.63, 3.8) is 0 Å². The summed E-state index contributed by atoms with van der Waals surface area (Å²) in [5.41, 5.74) is 0. The van der Waals surface area contributed by atoms with Crippen LogP contribution in [0.2, 0.25) is 0 Å². The molecule has 0 bridgehead atoms. The predicted molar refractivity (Wildman–Crippen MR) is 39.7 cm³/mol. The van der Waals surface area contributed by atoms with Gasteiger partial charge >= 0.3 is 5.97 Å². The first kappa shape index (κ1) is 3.05. The monoisotopic (exact) mass is 149 g/mol. The summed E-state index contributed by atoms with van der Waals surface area (Å²) in [5.74, 6) is -0.670. The molecule has 10 heavy (non-hydrogen) atoms. The van der Waals surface area contributed by atoms with E-state index in [1.165, 1.54) is 0 Å². The van der Waals surface area contributed by atoms with Gasteiger partial charge in [0.05, 0.1) is 7.11 Å².